The van der Waals surface area contributed by atoms with Crippen molar-refractivity contribution in [2.24, 2.45) is 11.8 Å². The van der Waals surface area contributed by atoms with Gasteiger partial charge in [-0.05, 0) is 75.7 Å². The molecule has 10 nitrogen and oxygen atoms in total. The molecule has 0 aliphatic heterocycles. The average molecular weight is 702 g/mol. The number of aliphatic hydroxyl groups is 3. The monoisotopic (exact) mass is 701 g/mol. The third kappa shape index (κ3) is 14.3. The molecule has 0 saturated heterocycles. The van der Waals surface area contributed by atoms with E-state index in [4.69, 9.17) is 27.1 Å². The molecule has 1 aliphatic carbocycles. The van der Waals surface area contributed by atoms with Crippen LogP contribution >= 0.6 is 0 Å². The molecule has 0 radical (unpaired) electrons. The van der Waals surface area contributed by atoms with Gasteiger partial charge in [0.1, 0.15) is 13.2 Å². The number of nitrogens with zero attached hydrogens (tertiary/aromatic N) is 1. The number of unbranched alkanes of at least 4 members (excludes halogenated alkanes) is 1. The topological polar surface area (TPSA) is 152 Å². The molecule has 10 heteroatoms. The minimum atomic E-state index is -0.615. The number of ether oxygens (including phenoxy) is 3. The molecule has 1 aromatic carbocycles. The summed E-state index contributed by atoms with van der Waals surface area (Å²) in [6, 6.07) is 10.0. The number of aromatic nitrogens is 1. The molecule has 0 bridgehead atoms. The number of esters is 3. The maximum atomic E-state index is 12.9. The molecule has 3 rings (SSSR count). The number of carbonyl (C=O) groups is 3. The van der Waals surface area contributed by atoms with Crippen LogP contribution in [0, 0.1) is 43.4 Å². The van der Waals surface area contributed by atoms with Gasteiger partial charge in [-0.25, -0.2) is 0 Å². The van der Waals surface area contributed by atoms with E-state index in [-0.39, 0.29) is 62.9 Å². The predicted octanol–water partition coefficient (Wildman–Crippen LogP) is 5.46. The Morgan fingerprint density at radius 2 is 1.59 bits per heavy atom. The van der Waals surface area contributed by atoms with Gasteiger partial charge in [0.05, 0.1) is 36.8 Å². The summed E-state index contributed by atoms with van der Waals surface area (Å²) in [5.41, 5.74) is 2.36. The summed E-state index contributed by atoms with van der Waals surface area (Å²) >= 11 is 0. The van der Waals surface area contributed by atoms with E-state index in [1.807, 2.05) is 42.5 Å². The number of hydrogen-bond acceptors (Lipinski definition) is 10. The van der Waals surface area contributed by atoms with Crippen LogP contribution in [0.3, 0.4) is 0 Å². The van der Waals surface area contributed by atoms with Crippen LogP contribution in [0.4, 0.5) is 0 Å². The number of hydrogen-bond donors (Lipinski definition) is 3. The first kappa shape index (κ1) is 40.9. The molecule has 3 N–H and O–H groups in total. The van der Waals surface area contributed by atoms with Gasteiger partial charge in [0, 0.05) is 36.6 Å². The van der Waals surface area contributed by atoms with Crippen molar-refractivity contribution in [2.75, 3.05) is 0 Å². The molecule has 5 atom stereocenters. The van der Waals surface area contributed by atoms with Crippen LogP contribution in [0.2, 0.25) is 0 Å². The number of terminal acetylenes is 2. The normalized spacial score (nSPS) is 18.9. The van der Waals surface area contributed by atoms with Crippen molar-refractivity contribution < 1.29 is 43.9 Å². The minimum Gasteiger partial charge on any atom is -0.461 e. The summed E-state index contributed by atoms with van der Waals surface area (Å²) in [5.74, 6) is 3.17. The second-order valence-electron chi connectivity index (χ2n) is 12.9. The fraction of sp³-hybridized carbons (Fsp3) is 0.512. The summed E-state index contributed by atoms with van der Waals surface area (Å²) in [6.45, 7) is 1.25. The predicted molar refractivity (Wildman–Crippen MR) is 192 cm³/mol. The summed E-state index contributed by atoms with van der Waals surface area (Å²) in [5, 5.41) is 31.8. The highest BCUT2D eigenvalue weighted by Crippen LogP contribution is 2.38. The fourth-order valence-corrected chi connectivity index (χ4v) is 6.21. The second kappa shape index (κ2) is 22.4. The van der Waals surface area contributed by atoms with Crippen LogP contribution in [0.15, 0.2) is 48.7 Å². The van der Waals surface area contributed by atoms with E-state index in [9.17, 15) is 29.7 Å². The van der Waals surface area contributed by atoms with Crippen molar-refractivity contribution >= 4 is 17.9 Å². The summed E-state index contributed by atoms with van der Waals surface area (Å²) in [4.78, 5) is 41.5. The molecule has 274 valence electrons. The molecule has 0 spiro atoms. The number of aryl methyl sites for hydroxylation is 2. The van der Waals surface area contributed by atoms with Crippen LogP contribution < -0.4 is 4.74 Å². The highest BCUT2D eigenvalue weighted by Gasteiger charge is 2.40. The first-order valence-electron chi connectivity index (χ1n) is 17.7. The molecule has 1 heterocycles. The molecule has 1 aliphatic rings. The summed E-state index contributed by atoms with van der Waals surface area (Å²) in [6.07, 6.45) is 19.5. The Hall–Kier alpha value is -4.48. The van der Waals surface area contributed by atoms with Gasteiger partial charge in [-0.1, -0.05) is 42.5 Å². The number of allylic oxidation sites excluding steroid dienone is 2. The number of rotatable bonds is 21. The standard InChI is InChI=1S/C41H51NO9/c1-4-6-18-38(46)49-27-31-26-42-29(3)41(35(31)28-50-39(47)19-7-5-2)51-40(48)20-14-9-8-13-17-33-34(37(45)25-36(33)44)24-23-32(43)22-21-30-15-11-10-12-16-30/h1-2,8,10-13,15-16,26,32-34,36-37,43-45H,6-7,9,14,17-25,27-28H2,3H3/b13-8-/t32?,33-,34-,36+,37-/m1/s1. The van der Waals surface area contributed by atoms with E-state index in [2.05, 4.69) is 16.8 Å². The summed E-state index contributed by atoms with van der Waals surface area (Å²) in [7, 11) is 0. The lowest BCUT2D eigenvalue weighted by Gasteiger charge is -2.23. The average Bonchev–Trinajstić information content (AvgIpc) is 3.40. The van der Waals surface area contributed by atoms with Gasteiger partial charge in [-0.3, -0.25) is 19.4 Å². The van der Waals surface area contributed by atoms with Crippen molar-refractivity contribution in [1.82, 2.24) is 4.98 Å². The smallest absolute Gasteiger partial charge is 0.311 e. The molecule has 1 fully saturated rings. The van der Waals surface area contributed by atoms with Gasteiger partial charge < -0.3 is 29.5 Å². The van der Waals surface area contributed by atoms with Crippen LogP contribution in [-0.2, 0) is 43.5 Å². The quantitative estimate of drug-likeness (QED) is 0.0663. The number of carbonyl (C=O) groups excluding carboxylic acids is 3. The van der Waals surface area contributed by atoms with Gasteiger partial charge in [0.25, 0.3) is 0 Å². The lowest BCUT2D eigenvalue weighted by molar-refractivity contribution is -0.146. The van der Waals surface area contributed by atoms with Gasteiger partial charge in [0.2, 0.25) is 0 Å². The van der Waals surface area contributed by atoms with Crippen molar-refractivity contribution in [3.8, 4) is 30.4 Å². The molecule has 51 heavy (non-hydrogen) atoms. The number of aliphatic hydroxyl groups excluding tert-OH is 3. The number of pyridine rings is 1. The van der Waals surface area contributed by atoms with Gasteiger partial charge in [-0.2, -0.15) is 0 Å². The zero-order valence-electron chi connectivity index (χ0n) is 29.5. The van der Waals surface area contributed by atoms with Gasteiger partial charge in [0.15, 0.2) is 5.75 Å². The van der Waals surface area contributed by atoms with Gasteiger partial charge >= 0.3 is 17.9 Å². The highest BCUT2D eigenvalue weighted by molar-refractivity contribution is 5.74. The Bertz CT molecular complexity index is 1520. The first-order chi connectivity index (χ1) is 24.6. The fourth-order valence-electron chi connectivity index (χ4n) is 6.21. The van der Waals surface area contributed by atoms with Crippen molar-refractivity contribution in [2.45, 2.75) is 122 Å². The third-order valence-electron chi connectivity index (χ3n) is 9.12. The Kier molecular flexibility index (Phi) is 18.0. The SMILES string of the molecule is C#CCCC(=O)OCc1cnc(C)c(OC(=O)CCC/C=C\C[C@@H]2[C@@H](CCC(O)CCc3ccccc3)[C@H](O)C[C@@H]2O)c1COC(=O)CCC#C. The largest absolute Gasteiger partial charge is 0.461 e. The van der Waals surface area contributed by atoms with Crippen LogP contribution in [0.25, 0.3) is 0 Å². The molecule has 1 unspecified atom stereocenters. The van der Waals surface area contributed by atoms with E-state index in [1.54, 1.807) is 6.92 Å². The molecule has 0 amide bonds. The first-order valence-corrected chi connectivity index (χ1v) is 17.7. The number of benzene rings is 1. The van der Waals surface area contributed by atoms with E-state index in [0.29, 0.717) is 61.8 Å². The van der Waals surface area contributed by atoms with Crippen LogP contribution in [0.1, 0.15) is 99.4 Å². The van der Waals surface area contributed by atoms with Crippen molar-refractivity contribution in [3.05, 3.63) is 71.1 Å². The van der Waals surface area contributed by atoms with E-state index < -0.39 is 36.2 Å². The van der Waals surface area contributed by atoms with E-state index in [1.165, 1.54) is 11.8 Å². The van der Waals surface area contributed by atoms with Crippen molar-refractivity contribution in [3.63, 3.8) is 0 Å². The van der Waals surface area contributed by atoms with Crippen LogP contribution in [-0.4, -0.2) is 56.5 Å². The zero-order valence-corrected chi connectivity index (χ0v) is 29.5. The Labute approximate surface area is 301 Å². The lowest BCUT2D eigenvalue weighted by Crippen LogP contribution is -2.23. The second-order valence-corrected chi connectivity index (χ2v) is 12.9. The maximum absolute atomic E-state index is 12.9. The van der Waals surface area contributed by atoms with E-state index in [0.717, 1.165) is 6.42 Å². The summed E-state index contributed by atoms with van der Waals surface area (Å²) < 4.78 is 16.4. The molecule has 2 aromatic rings. The Morgan fingerprint density at radius 1 is 0.922 bits per heavy atom. The van der Waals surface area contributed by atoms with Crippen molar-refractivity contribution in [1.29, 1.82) is 0 Å². The Morgan fingerprint density at radius 3 is 2.27 bits per heavy atom. The maximum Gasteiger partial charge on any atom is 0.311 e. The zero-order chi connectivity index (χ0) is 37.0. The molecular weight excluding hydrogens is 650 g/mol. The molecular formula is C41H51NO9. The highest BCUT2D eigenvalue weighted by atomic mass is 16.5. The molecule has 1 aromatic heterocycles. The Balaban J connectivity index is 1.51. The lowest BCUT2D eigenvalue weighted by atomic mass is 9.85. The molecule has 1 saturated carbocycles. The van der Waals surface area contributed by atoms with E-state index >= 15 is 0 Å². The van der Waals surface area contributed by atoms with Crippen LogP contribution in [0.5, 0.6) is 5.75 Å². The third-order valence-corrected chi connectivity index (χ3v) is 9.12. The van der Waals surface area contributed by atoms with Gasteiger partial charge in [-0.15, -0.1) is 24.7 Å². The minimum absolute atomic E-state index is 0.0267.